The van der Waals surface area contributed by atoms with Crippen LogP contribution in [0.5, 0.6) is 17.2 Å². The Bertz CT molecular complexity index is 1330. The molecule has 1 aliphatic carbocycles. The number of carbonyl (C=O) groups excluding carboxylic acids is 2. The highest BCUT2D eigenvalue weighted by molar-refractivity contribution is 6.04. The molecule has 10 nitrogen and oxygen atoms in total. The molecule has 2 aromatic carbocycles. The van der Waals surface area contributed by atoms with Crippen molar-refractivity contribution in [1.82, 2.24) is 5.32 Å². The van der Waals surface area contributed by atoms with Crippen LogP contribution in [0.15, 0.2) is 58.9 Å². The van der Waals surface area contributed by atoms with Crippen LogP contribution in [0.4, 0.5) is 5.69 Å². The number of nitrogens with one attached hydrogen (secondary N) is 1. The molecule has 5 rings (SSSR count). The first-order valence-corrected chi connectivity index (χ1v) is 11.5. The van der Waals surface area contributed by atoms with Crippen molar-refractivity contribution in [3.63, 3.8) is 0 Å². The average molecular weight is 492 g/mol. The van der Waals surface area contributed by atoms with Gasteiger partial charge in [-0.25, -0.2) is 4.79 Å². The van der Waals surface area contributed by atoms with Gasteiger partial charge >= 0.3 is 5.97 Å². The average Bonchev–Trinajstić information content (AvgIpc) is 3.34. The monoisotopic (exact) mass is 492 g/mol. The zero-order valence-electron chi connectivity index (χ0n) is 19.8. The lowest BCUT2D eigenvalue weighted by atomic mass is 9.74. The van der Waals surface area contributed by atoms with Crippen LogP contribution >= 0.6 is 0 Å². The largest absolute Gasteiger partial charge is 0.497 e. The number of Topliss-reactive ketones (excluding diaryl/α,β-unsaturated/α-hetero) is 1. The number of hydrogen-bond acceptors (Lipinski definition) is 9. The fourth-order valence-electron chi connectivity index (χ4n) is 4.85. The summed E-state index contributed by atoms with van der Waals surface area (Å²) in [6.45, 7) is 1.62. The normalized spacial score (nSPS) is 18.5. The van der Waals surface area contributed by atoms with E-state index in [4.69, 9.17) is 18.9 Å². The molecule has 2 aromatic rings. The molecule has 1 N–H and O–H groups in total. The Hall–Kier alpha value is -4.34. The van der Waals surface area contributed by atoms with Crippen LogP contribution in [-0.4, -0.2) is 30.6 Å². The van der Waals surface area contributed by atoms with Crippen LogP contribution in [0.2, 0.25) is 0 Å². The minimum absolute atomic E-state index is 0.0184. The quantitative estimate of drug-likeness (QED) is 0.361. The fraction of sp³-hybridized carbons (Fsp3) is 0.308. The van der Waals surface area contributed by atoms with Crippen molar-refractivity contribution in [1.29, 1.82) is 0 Å². The molecule has 0 saturated carbocycles. The molecule has 10 heteroatoms. The first-order valence-electron chi connectivity index (χ1n) is 11.5. The van der Waals surface area contributed by atoms with E-state index in [1.54, 1.807) is 38.3 Å². The lowest BCUT2D eigenvalue weighted by molar-refractivity contribution is -0.385. The Morgan fingerprint density at radius 3 is 2.58 bits per heavy atom. The van der Waals surface area contributed by atoms with Crippen LogP contribution in [0.25, 0.3) is 0 Å². The van der Waals surface area contributed by atoms with Gasteiger partial charge in [-0.15, -0.1) is 0 Å². The number of ether oxygens (including phenoxy) is 4. The number of nitro groups is 1. The molecule has 186 valence electrons. The van der Waals surface area contributed by atoms with E-state index in [-0.39, 0.29) is 41.8 Å². The number of rotatable bonds is 6. The van der Waals surface area contributed by atoms with E-state index in [9.17, 15) is 19.7 Å². The molecule has 0 saturated heterocycles. The summed E-state index contributed by atoms with van der Waals surface area (Å²) in [5, 5.41) is 15.3. The molecule has 2 heterocycles. The molecule has 0 bridgehead atoms. The van der Waals surface area contributed by atoms with Crippen LogP contribution < -0.4 is 19.5 Å². The third-order valence-corrected chi connectivity index (χ3v) is 6.55. The van der Waals surface area contributed by atoms with Gasteiger partial charge in [0.2, 0.25) is 6.79 Å². The number of nitrogens with zero attached hydrogens (tertiary/aromatic N) is 1. The Labute approximate surface area is 206 Å². The van der Waals surface area contributed by atoms with Gasteiger partial charge in [0.1, 0.15) is 12.4 Å². The number of benzene rings is 2. The standard InChI is InChI=1S/C26H24N2O8/c1-14-23(26(30)34-12-15-6-8-16(33-2)9-7-15)24(25-18(27-14)4-3-5-20(25)29)17-10-21-22(36-13-35-21)11-19(17)28(31)32/h6-11,24,27H,3-5,12-13H2,1-2H3. The molecule has 0 radical (unpaired) electrons. The van der Waals surface area contributed by atoms with Crippen LogP contribution in [0.1, 0.15) is 43.2 Å². The number of allylic oxidation sites excluding steroid dienone is 3. The van der Waals surface area contributed by atoms with Crippen LogP contribution in [0, 0.1) is 10.1 Å². The van der Waals surface area contributed by atoms with Crippen molar-refractivity contribution in [2.75, 3.05) is 13.9 Å². The molecule has 1 unspecified atom stereocenters. The molecule has 2 aliphatic heterocycles. The predicted molar refractivity (Wildman–Crippen MR) is 126 cm³/mol. The minimum Gasteiger partial charge on any atom is -0.497 e. The highest BCUT2D eigenvalue weighted by atomic mass is 16.7. The summed E-state index contributed by atoms with van der Waals surface area (Å²) in [5.41, 5.74) is 2.33. The summed E-state index contributed by atoms with van der Waals surface area (Å²) in [6.07, 6.45) is 1.55. The Kier molecular flexibility index (Phi) is 6.09. The lowest BCUT2D eigenvalue weighted by Crippen LogP contribution is -2.34. The smallest absolute Gasteiger partial charge is 0.337 e. The molecule has 0 spiro atoms. The molecular weight excluding hydrogens is 468 g/mol. The number of carbonyl (C=O) groups is 2. The molecule has 0 fully saturated rings. The topological polar surface area (TPSA) is 126 Å². The third kappa shape index (κ3) is 4.15. The number of fused-ring (bicyclic) bond motifs is 1. The van der Waals surface area contributed by atoms with Crippen molar-refractivity contribution in [2.24, 2.45) is 0 Å². The van der Waals surface area contributed by atoms with Gasteiger partial charge in [0.25, 0.3) is 5.69 Å². The second-order valence-electron chi connectivity index (χ2n) is 8.71. The van der Waals surface area contributed by atoms with Gasteiger partial charge < -0.3 is 24.3 Å². The number of dihydropyridines is 1. The number of ketones is 1. The minimum atomic E-state index is -0.979. The van der Waals surface area contributed by atoms with Crippen LogP contribution in [-0.2, 0) is 20.9 Å². The van der Waals surface area contributed by atoms with Crippen molar-refractivity contribution >= 4 is 17.4 Å². The van der Waals surface area contributed by atoms with Gasteiger partial charge in [0.15, 0.2) is 17.3 Å². The van der Waals surface area contributed by atoms with E-state index < -0.39 is 16.8 Å². The number of esters is 1. The maximum absolute atomic E-state index is 13.5. The van der Waals surface area contributed by atoms with Gasteiger partial charge in [0.05, 0.1) is 29.6 Å². The SMILES string of the molecule is COc1ccc(COC(=O)C2=C(C)NC3=C(C(=O)CCC3)C2c2cc3c(cc2[N+](=O)[O-])OCO3)cc1. The summed E-state index contributed by atoms with van der Waals surface area (Å²) in [7, 11) is 1.56. The van der Waals surface area contributed by atoms with E-state index in [2.05, 4.69) is 5.32 Å². The lowest BCUT2D eigenvalue weighted by Gasteiger charge is -2.34. The number of nitro benzene ring substituents is 1. The molecule has 3 aliphatic rings. The van der Waals surface area contributed by atoms with Gasteiger partial charge in [-0.05, 0) is 43.5 Å². The maximum atomic E-state index is 13.5. The number of hydrogen-bond donors (Lipinski definition) is 1. The fourth-order valence-corrected chi connectivity index (χ4v) is 4.85. The molecular formula is C26H24N2O8. The van der Waals surface area contributed by atoms with E-state index in [0.29, 0.717) is 47.7 Å². The highest BCUT2D eigenvalue weighted by Crippen LogP contribution is 2.48. The van der Waals surface area contributed by atoms with Crippen molar-refractivity contribution in [3.05, 3.63) is 80.2 Å². The molecule has 36 heavy (non-hydrogen) atoms. The summed E-state index contributed by atoms with van der Waals surface area (Å²) < 4.78 is 21.6. The van der Waals surface area contributed by atoms with Crippen molar-refractivity contribution in [2.45, 2.75) is 38.7 Å². The summed E-state index contributed by atoms with van der Waals surface area (Å²) in [4.78, 5) is 38.1. The maximum Gasteiger partial charge on any atom is 0.337 e. The first kappa shape index (κ1) is 23.4. The van der Waals surface area contributed by atoms with Gasteiger partial charge in [-0.3, -0.25) is 14.9 Å². The second kappa shape index (κ2) is 9.37. The zero-order valence-corrected chi connectivity index (χ0v) is 19.8. The van der Waals surface area contributed by atoms with Crippen molar-refractivity contribution < 1.29 is 33.5 Å². The van der Waals surface area contributed by atoms with Crippen LogP contribution in [0.3, 0.4) is 0 Å². The van der Waals surface area contributed by atoms with E-state index >= 15 is 0 Å². The van der Waals surface area contributed by atoms with Gasteiger partial charge in [-0.1, -0.05) is 12.1 Å². The summed E-state index contributed by atoms with van der Waals surface area (Å²) in [5.74, 6) is -0.569. The second-order valence-corrected chi connectivity index (χ2v) is 8.71. The number of methoxy groups -OCH3 is 1. The molecule has 0 amide bonds. The Balaban J connectivity index is 1.57. The Morgan fingerprint density at radius 2 is 1.89 bits per heavy atom. The van der Waals surface area contributed by atoms with Crippen molar-refractivity contribution in [3.8, 4) is 17.2 Å². The van der Waals surface area contributed by atoms with E-state index in [1.165, 1.54) is 12.1 Å². The highest BCUT2D eigenvalue weighted by Gasteiger charge is 2.42. The predicted octanol–water partition coefficient (Wildman–Crippen LogP) is 4.04. The van der Waals surface area contributed by atoms with E-state index in [1.807, 2.05) is 0 Å². The summed E-state index contributed by atoms with van der Waals surface area (Å²) in [6, 6.07) is 9.84. The van der Waals surface area contributed by atoms with Gasteiger partial charge in [-0.2, -0.15) is 0 Å². The van der Waals surface area contributed by atoms with Gasteiger partial charge in [0, 0.05) is 29.0 Å². The summed E-state index contributed by atoms with van der Waals surface area (Å²) >= 11 is 0. The zero-order chi connectivity index (χ0) is 25.4. The molecule has 0 aromatic heterocycles. The Morgan fingerprint density at radius 1 is 1.17 bits per heavy atom. The molecule has 1 atom stereocenters. The third-order valence-electron chi connectivity index (χ3n) is 6.55. The first-order chi connectivity index (χ1) is 17.4. The van der Waals surface area contributed by atoms with E-state index in [0.717, 1.165) is 5.56 Å².